The quantitative estimate of drug-likeness (QED) is 0.631. The van der Waals surface area contributed by atoms with Gasteiger partial charge in [0, 0.05) is 43.5 Å². The summed E-state index contributed by atoms with van der Waals surface area (Å²) in [6.45, 7) is 2.34. The van der Waals surface area contributed by atoms with Gasteiger partial charge >= 0.3 is 0 Å². The number of carbonyl (C=O) groups is 2. The van der Waals surface area contributed by atoms with Crippen LogP contribution in [0.25, 0.3) is 10.9 Å². The van der Waals surface area contributed by atoms with Crippen molar-refractivity contribution in [1.82, 2.24) is 10.3 Å². The fourth-order valence-electron chi connectivity index (χ4n) is 3.28. The third-order valence-electron chi connectivity index (χ3n) is 4.71. The first-order chi connectivity index (χ1) is 13.6. The van der Waals surface area contributed by atoms with Gasteiger partial charge < -0.3 is 19.9 Å². The predicted molar refractivity (Wildman–Crippen MR) is 111 cm³/mol. The van der Waals surface area contributed by atoms with Crippen molar-refractivity contribution in [1.29, 1.82) is 0 Å². The Labute approximate surface area is 164 Å². The Morgan fingerprint density at radius 1 is 1.11 bits per heavy atom. The normalized spacial score (nSPS) is 10.6. The molecule has 0 aliphatic carbocycles. The number of nitrogens with zero attached hydrogens (tertiary/aromatic N) is 1. The number of ether oxygens (including phenoxy) is 1. The Morgan fingerprint density at radius 3 is 2.64 bits per heavy atom. The Balaban J connectivity index is 1.53. The van der Waals surface area contributed by atoms with Crippen molar-refractivity contribution < 1.29 is 14.3 Å². The van der Waals surface area contributed by atoms with Crippen LogP contribution in [0.3, 0.4) is 0 Å². The highest BCUT2D eigenvalue weighted by atomic mass is 16.5. The number of hydrogen-bond acceptors (Lipinski definition) is 3. The number of nitrogens with one attached hydrogen (secondary N) is 2. The maximum absolute atomic E-state index is 12.3. The van der Waals surface area contributed by atoms with Gasteiger partial charge in [-0.2, -0.15) is 0 Å². The molecular weight excluding hydrogens is 354 g/mol. The maximum Gasteiger partial charge on any atom is 0.223 e. The fraction of sp³-hybridized carbons (Fsp3) is 0.273. The molecule has 0 bridgehead atoms. The zero-order valence-corrected chi connectivity index (χ0v) is 16.2. The molecule has 0 fully saturated rings. The van der Waals surface area contributed by atoms with Crippen LogP contribution < -0.4 is 15.0 Å². The number of carbonyl (C=O) groups excluding carboxylic acids is 2. The Hall–Kier alpha value is -3.28. The summed E-state index contributed by atoms with van der Waals surface area (Å²) in [7, 11) is 1.56. The first kappa shape index (κ1) is 19.5. The molecule has 146 valence electrons. The molecule has 0 saturated carbocycles. The first-order valence-electron chi connectivity index (χ1n) is 9.33. The van der Waals surface area contributed by atoms with Crippen LogP contribution >= 0.6 is 0 Å². The molecule has 2 amide bonds. The maximum atomic E-state index is 12.3. The van der Waals surface area contributed by atoms with Crippen LogP contribution in [-0.4, -0.2) is 37.0 Å². The van der Waals surface area contributed by atoms with Crippen molar-refractivity contribution in [2.75, 3.05) is 25.1 Å². The zero-order chi connectivity index (χ0) is 19.9. The first-order valence-corrected chi connectivity index (χ1v) is 9.33. The van der Waals surface area contributed by atoms with E-state index in [2.05, 4.69) is 16.4 Å². The van der Waals surface area contributed by atoms with Crippen LogP contribution in [0.4, 0.5) is 5.69 Å². The second-order valence-corrected chi connectivity index (χ2v) is 6.55. The average molecular weight is 379 g/mol. The number of anilines is 1. The molecule has 3 aromatic rings. The summed E-state index contributed by atoms with van der Waals surface area (Å²) in [5, 5.41) is 4.11. The van der Waals surface area contributed by atoms with Gasteiger partial charge in [-0.15, -0.1) is 0 Å². The fourth-order valence-corrected chi connectivity index (χ4v) is 3.28. The van der Waals surface area contributed by atoms with Crippen LogP contribution in [0, 0.1) is 0 Å². The van der Waals surface area contributed by atoms with E-state index in [9.17, 15) is 9.59 Å². The summed E-state index contributed by atoms with van der Waals surface area (Å²) in [6, 6.07) is 15.4. The van der Waals surface area contributed by atoms with Gasteiger partial charge in [0.1, 0.15) is 5.75 Å². The Morgan fingerprint density at radius 2 is 1.86 bits per heavy atom. The third-order valence-corrected chi connectivity index (χ3v) is 4.71. The van der Waals surface area contributed by atoms with Gasteiger partial charge in [0.2, 0.25) is 11.8 Å². The number of H-pyrrole nitrogens is 1. The van der Waals surface area contributed by atoms with Crippen LogP contribution in [0.1, 0.15) is 18.9 Å². The highest BCUT2D eigenvalue weighted by molar-refractivity contribution is 5.94. The largest absolute Gasteiger partial charge is 0.495 e. The van der Waals surface area contributed by atoms with E-state index in [1.165, 1.54) is 17.9 Å². The molecule has 2 aromatic carbocycles. The molecule has 6 heteroatoms. The van der Waals surface area contributed by atoms with Gasteiger partial charge in [-0.1, -0.05) is 30.3 Å². The molecule has 0 spiro atoms. The summed E-state index contributed by atoms with van der Waals surface area (Å²) >= 11 is 0. The molecule has 0 saturated heterocycles. The second kappa shape index (κ2) is 9.08. The number of fused-ring (bicyclic) bond motifs is 1. The zero-order valence-electron chi connectivity index (χ0n) is 16.2. The topological polar surface area (TPSA) is 74.4 Å². The molecule has 0 aliphatic heterocycles. The van der Waals surface area contributed by atoms with Gasteiger partial charge in [0.15, 0.2) is 0 Å². The lowest BCUT2D eigenvalue weighted by atomic mass is 10.1. The molecule has 1 aromatic heterocycles. The van der Waals surface area contributed by atoms with Gasteiger partial charge in [-0.05, 0) is 30.2 Å². The smallest absolute Gasteiger partial charge is 0.223 e. The van der Waals surface area contributed by atoms with Crippen molar-refractivity contribution in [2.24, 2.45) is 0 Å². The van der Waals surface area contributed by atoms with E-state index < -0.39 is 0 Å². The van der Waals surface area contributed by atoms with Crippen molar-refractivity contribution in [3.05, 3.63) is 60.3 Å². The third kappa shape index (κ3) is 4.52. The van der Waals surface area contributed by atoms with Gasteiger partial charge in [-0.3, -0.25) is 9.59 Å². The van der Waals surface area contributed by atoms with E-state index in [1.807, 2.05) is 42.6 Å². The molecule has 0 unspecified atom stereocenters. The lowest BCUT2D eigenvalue weighted by Gasteiger charge is -2.23. The Bertz CT molecular complexity index is 964. The number of aromatic amines is 1. The second-order valence-electron chi connectivity index (χ2n) is 6.55. The van der Waals surface area contributed by atoms with E-state index in [-0.39, 0.29) is 18.2 Å². The summed E-state index contributed by atoms with van der Waals surface area (Å²) in [5.74, 6) is 0.398. The number of aromatic nitrogens is 1. The van der Waals surface area contributed by atoms with Gasteiger partial charge in [-0.25, -0.2) is 0 Å². The minimum absolute atomic E-state index is 0.0824. The van der Waals surface area contributed by atoms with Gasteiger partial charge in [0.05, 0.1) is 12.8 Å². The van der Waals surface area contributed by atoms with Crippen LogP contribution in [0.5, 0.6) is 5.75 Å². The summed E-state index contributed by atoms with van der Waals surface area (Å²) in [5.41, 5.74) is 2.94. The minimum Gasteiger partial charge on any atom is -0.495 e. The van der Waals surface area contributed by atoms with Crippen molar-refractivity contribution in [2.45, 2.75) is 19.8 Å². The molecule has 2 N–H and O–H groups in total. The monoisotopic (exact) mass is 379 g/mol. The molecule has 0 radical (unpaired) electrons. The average Bonchev–Trinajstić information content (AvgIpc) is 3.11. The van der Waals surface area contributed by atoms with Crippen LogP contribution in [-0.2, 0) is 16.0 Å². The van der Waals surface area contributed by atoms with E-state index in [0.717, 1.165) is 11.9 Å². The molecule has 6 nitrogen and oxygen atoms in total. The molecule has 0 aliphatic rings. The minimum atomic E-state index is -0.129. The highest BCUT2D eigenvalue weighted by Gasteiger charge is 2.17. The van der Waals surface area contributed by atoms with E-state index in [1.54, 1.807) is 18.1 Å². The molecule has 3 rings (SSSR count). The summed E-state index contributed by atoms with van der Waals surface area (Å²) in [6.07, 6.45) is 2.96. The lowest BCUT2D eigenvalue weighted by Crippen LogP contribution is -2.34. The SMILES string of the molecule is COc1ccccc1N(CCC(=O)NCCc1c[nH]c2ccccc12)C(C)=O. The predicted octanol–water partition coefficient (Wildman–Crippen LogP) is 3.28. The molecule has 1 heterocycles. The van der Waals surface area contributed by atoms with Crippen molar-refractivity contribution in [3.63, 3.8) is 0 Å². The standard InChI is InChI=1S/C22H25N3O3/c1-16(26)25(20-9-5-6-10-21(20)28-2)14-12-22(27)23-13-11-17-15-24-19-8-4-3-7-18(17)19/h3-10,15,24H,11-14H2,1-2H3,(H,23,27). The van der Waals surface area contributed by atoms with E-state index >= 15 is 0 Å². The number of amides is 2. The van der Waals surface area contributed by atoms with Crippen molar-refractivity contribution in [3.8, 4) is 5.75 Å². The number of hydrogen-bond donors (Lipinski definition) is 2. The van der Waals surface area contributed by atoms with E-state index in [4.69, 9.17) is 4.74 Å². The number of methoxy groups -OCH3 is 1. The van der Waals surface area contributed by atoms with Crippen LogP contribution in [0.2, 0.25) is 0 Å². The Kier molecular flexibility index (Phi) is 6.32. The molecular formula is C22H25N3O3. The van der Waals surface area contributed by atoms with Gasteiger partial charge in [0.25, 0.3) is 0 Å². The van der Waals surface area contributed by atoms with Crippen molar-refractivity contribution >= 4 is 28.4 Å². The lowest BCUT2D eigenvalue weighted by molar-refractivity contribution is -0.121. The summed E-state index contributed by atoms with van der Waals surface area (Å²) in [4.78, 5) is 29.1. The van der Waals surface area contributed by atoms with E-state index in [0.29, 0.717) is 24.5 Å². The molecule has 0 atom stereocenters. The number of benzene rings is 2. The van der Waals surface area contributed by atoms with Crippen LogP contribution in [0.15, 0.2) is 54.7 Å². The highest BCUT2D eigenvalue weighted by Crippen LogP contribution is 2.27. The number of rotatable bonds is 8. The summed E-state index contributed by atoms with van der Waals surface area (Å²) < 4.78 is 5.33. The number of para-hydroxylation sites is 3. The molecule has 28 heavy (non-hydrogen) atoms.